The minimum atomic E-state index is 0.850. The standard InChI is InChI=1S/C22H16INO/c1-25-17-13-11-16(12-14-17)22-21(23)20(15-7-3-2-4-8-15)18-9-5-6-10-19(18)24-22/h2-14H,1H3. The molecule has 0 fully saturated rings. The zero-order valence-corrected chi connectivity index (χ0v) is 15.9. The molecule has 0 aliphatic rings. The highest BCUT2D eigenvalue weighted by atomic mass is 127. The summed E-state index contributed by atoms with van der Waals surface area (Å²) in [5.74, 6) is 0.850. The van der Waals surface area contributed by atoms with Gasteiger partial charge in [-0.05, 0) is 58.5 Å². The molecule has 0 atom stereocenters. The number of halogens is 1. The molecule has 0 amide bonds. The third-order valence-corrected chi connectivity index (χ3v) is 5.31. The summed E-state index contributed by atoms with van der Waals surface area (Å²) in [6.07, 6.45) is 0. The summed E-state index contributed by atoms with van der Waals surface area (Å²) in [7, 11) is 1.68. The number of hydrogen-bond donors (Lipinski definition) is 0. The van der Waals surface area contributed by atoms with E-state index in [1.165, 1.54) is 16.5 Å². The highest BCUT2D eigenvalue weighted by molar-refractivity contribution is 14.1. The van der Waals surface area contributed by atoms with Crippen molar-refractivity contribution >= 4 is 33.5 Å². The van der Waals surface area contributed by atoms with E-state index >= 15 is 0 Å². The van der Waals surface area contributed by atoms with Gasteiger partial charge in [0.15, 0.2) is 0 Å². The van der Waals surface area contributed by atoms with Gasteiger partial charge in [-0.1, -0.05) is 48.5 Å². The van der Waals surface area contributed by atoms with Crippen LogP contribution in [0.25, 0.3) is 33.3 Å². The fraction of sp³-hybridized carbons (Fsp3) is 0.0455. The summed E-state index contributed by atoms with van der Waals surface area (Å²) < 4.78 is 6.44. The molecule has 4 rings (SSSR count). The van der Waals surface area contributed by atoms with Gasteiger partial charge in [0.1, 0.15) is 5.75 Å². The molecule has 0 radical (unpaired) electrons. The van der Waals surface area contributed by atoms with E-state index in [9.17, 15) is 0 Å². The first-order valence-electron chi connectivity index (χ1n) is 8.06. The quantitative estimate of drug-likeness (QED) is 0.357. The fourth-order valence-electron chi connectivity index (χ4n) is 3.02. The zero-order valence-electron chi connectivity index (χ0n) is 13.7. The van der Waals surface area contributed by atoms with Gasteiger partial charge in [0, 0.05) is 20.1 Å². The molecule has 0 bridgehead atoms. The van der Waals surface area contributed by atoms with Crippen LogP contribution in [0.5, 0.6) is 5.75 Å². The van der Waals surface area contributed by atoms with Crippen molar-refractivity contribution in [3.05, 3.63) is 82.4 Å². The van der Waals surface area contributed by atoms with Gasteiger partial charge in [0.05, 0.1) is 18.3 Å². The smallest absolute Gasteiger partial charge is 0.118 e. The van der Waals surface area contributed by atoms with Crippen molar-refractivity contribution in [1.82, 2.24) is 4.98 Å². The average molecular weight is 437 g/mol. The molecular weight excluding hydrogens is 421 g/mol. The lowest BCUT2D eigenvalue weighted by Gasteiger charge is -2.14. The van der Waals surface area contributed by atoms with Gasteiger partial charge in [-0.25, -0.2) is 4.98 Å². The number of para-hydroxylation sites is 1. The number of benzene rings is 3. The normalized spacial score (nSPS) is 10.8. The number of pyridine rings is 1. The van der Waals surface area contributed by atoms with Crippen molar-refractivity contribution in [2.45, 2.75) is 0 Å². The Morgan fingerprint density at radius 3 is 2.16 bits per heavy atom. The van der Waals surface area contributed by atoms with Gasteiger partial charge in [-0.2, -0.15) is 0 Å². The van der Waals surface area contributed by atoms with E-state index in [0.717, 1.165) is 26.1 Å². The summed E-state index contributed by atoms with van der Waals surface area (Å²) in [5, 5.41) is 1.18. The van der Waals surface area contributed by atoms with Crippen LogP contribution in [-0.2, 0) is 0 Å². The van der Waals surface area contributed by atoms with Gasteiger partial charge in [0.2, 0.25) is 0 Å². The molecule has 1 heterocycles. The van der Waals surface area contributed by atoms with E-state index in [-0.39, 0.29) is 0 Å². The zero-order chi connectivity index (χ0) is 17.2. The molecule has 0 aliphatic heterocycles. The Kier molecular flexibility index (Phi) is 4.40. The van der Waals surface area contributed by atoms with Crippen LogP contribution < -0.4 is 4.74 Å². The van der Waals surface area contributed by atoms with E-state index in [1.807, 2.05) is 24.3 Å². The molecule has 0 saturated carbocycles. The maximum Gasteiger partial charge on any atom is 0.118 e. The fourth-order valence-corrected chi connectivity index (χ4v) is 4.05. The largest absolute Gasteiger partial charge is 0.497 e. The molecule has 4 aromatic rings. The molecule has 25 heavy (non-hydrogen) atoms. The van der Waals surface area contributed by atoms with Crippen LogP contribution >= 0.6 is 22.6 Å². The van der Waals surface area contributed by atoms with Crippen LogP contribution in [0.15, 0.2) is 78.9 Å². The van der Waals surface area contributed by atoms with Crippen LogP contribution in [0, 0.1) is 3.57 Å². The number of rotatable bonds is 3. The maximum absolute atomic E-state index is 5.28. The van der Waals surface area contributed by atoms with Crippen LogP contribution in [0.2, 0.25) is 0 Å². The average Bonchev–Trinajstić information content (AvgIpc) is 2.68. The van der Waals surface area contributed by atoms with Gasteiger partial charge in [-0.3, -0.25) is 0 Å². The molecular formula is C22H16INO. The van der Waals surface area contributed by atoms with E-state index < -0.39 is 0 Å². The van der Waals surface area contributed by atoms with Crippen LogP contribution in [0.1, 0.15) is 0 Å². The van der Waals surface area contributed by atoms with Crippen LogP contribution in [-0.4, -0.2) is 12.1 Å². The Hall–Kier alpha value is -2.40. The van der Waals surface area contributed by atoms with Crippen molar-refractivity contribution in [2.24, 2.45) is 0 Å². The van der Waals surface area contributed by atoms with Crippen molar-refractivity contribution in [1.29, 1.82) is 0 Å². The topological polar surface area (TPSA) is 22.1 Å². The van der Waals surface area contributed by atoms with Crippen molar-refractivity contribution < 1.29 is 4.74 Å². The summed E-state index contributed by atoms with van der Waals surface area (Å²) >= 11 is 2.42. The van der Waals surface area contributed by atoms with Gasteiger partial charge in [-0.15, -0.1) is 0 Å². The number of nitrogens with zero attached hydrogens (tertiary/aromatic N) is 1. The van der Waals surface area contributed by atoms with Gasteiger partial charge < -0.3 is 4.74 Å². The first-order valence-corrected chi connectivity index (χ1v) is 9.14. The summed E-state index contributed by atoms with van der Waals surface area (Å²) in [6, 6.07) is 26.9. The Labute approximate surface area is 160 Å². The first kappa shape index (κ1) is 16.1. The number of aromatic nitrogens is 1. The van der Waals surface area contributed by atoms with Crippen molar-refractivity contribution in [3.8, 4) is 28.1 Å². The molecule has 2 nitrogen and oxygen atoms in total. The van der Waals surface area contributed by atoms with E-state index in [1.54, 1.807) is 7.11 Å². The predicted molar refractivity (Wildman–Crippen MR) is 112 cm³/mol. The Morgan fingerprint density at radius 2 is 1.44 bits per heavy atom. The van der Waals surface area contributed by atoms with Crippen molar-refractivity contribution in [2.75, 3.05) is 7.11 Å². The van der Waals surface area contributed by atoms with E-state index in [2.05, 4.69) is 77.2 Å². The van der Waals surface area contributed by atoms with Gasteiger partial charge in [0.25, 0.3) is 0 Å². The molecule has 1 aromatic heterocycles. The third-order valence-electron chi connectivity index (χ3n) is 4.26. The molecule has 122 valence electrons. The minimum Gasteiger partial charge on any atom is -0.497 e. The second-order valence-electron chi connectivity index (χ2n) is 5.76. The predicted octanol–water partition coefficient (Wildman–Crippen LogP) is 6.18. The van der Waals surface area contributed by atoms with Gasteiger partial charge >= 0.3 is 0 Å². The van der Waals surface area contributed by atoms with Crippen LogP contribution in [0.4, 0.5) is 0 Å². The first-order chi connectivity index (χ1) is 12.3. The molecule has 0 unspecified atom stereocenters. The number of methoxy groups -OCH3 is 1. The lowest BCUT2D eigenvalue weighted by atomic mass is 9.98. The highest BCUT2D eigenvalue weighted by Crippen LogP contribution is 2.37. The van der Waals surface area contributed by atoms with E-state index in [4.69, 9.17) is 9.72 Å². The summed E-state index contributed by atoms with van der Waals surface area (Å²) in [4.78, 5) is 4.94. The molecule has 3 aromatic carbocycles. The molecule has 0 saturated heterocycles. The number of hydrogen-bond acceptors (Lipinski definition) is 2. The van der Waals surface area contributed by atoms with E-state index in [0.29, 0.717) is 0 Å². The third kappa shape index (κ3) is 3.00. The number of ether oxygens (including phenoxy) is 1. The monoisotopic (exact) mass is 437 g/mol. The Balaban J connectivity index is 2.01. The van der Waals surface area contributed by atoms with Crippen molar-refractivity contribution in [3.63, 3.8) is 0 Å². The maximum atomic E-state index is 5.28. The second kappa shape index (κ2) is 6.84. The summed E-state index contributed by atoms with van der Waals surface area (Å²) in [6.45, 7) is 0. The summed E-state index contributed by atoms with van der Waals surface area (Å²) in [5.41, 5.74) is 5.54. The lowest BCUT2D eigenvalue weighted by molar-refractivity contribution is 0.415. The lowest BCUT2D eigenvalue weighted by Crippen LogP contribution is -1.95. The second-order valence-corrected chi connectivity index (χ2v) is 6.84. The molecule has 3 heteroatoms. The Bertz CT molecular complexity index is 1030. The molecule has 0 N–H and O–H groups in total. The SMILES string of the molecule is COc1ccc(-c2nc3ccccc3c(-c3ccccc3)c2I)cc1. The molecule has 0 spiro atoms. The number of fused-ring (bicyclic) bond motifs is 1. The van der Waals surface area contributed by atoms with Crippen LogP contribution in [0.3, 0.4) is 0 Å². The molecule has 0 aliphatic carbocycles. The highest BCUT2D eigenvalue weighted by Gasteiger charge is 2.15. The Morgan fingerprint density at radius 1 is 0.760 bits per heavy atom. The minimum absolute atomic E-state index is 0.850.